The lowest BCUT2D eigenvalue weighted by molar-refractivity contribution is 0.0994. The van der Waals surface area contributed by atoms with Crippen molar-refractivity contribution in [3.63, 3.8) is 0 Å². The summed E-state index contributed by atoms with van der Waals surface area (Å²) in [7, 11) is 0. The summed E-state index contributed by atoms with van der Waals surface area (Å²) in [6.07, 6.45) is 0. The molecule has 0 aliphatic carbocycles. The Balaban J connectivity index is 1.80. The van der Waals surface area contributed by atoms with Crippen molar-refractivity contribution in [2.75, 3.05) is 10.6 Å². The average Bonchev–Trinajstić information content (AvgIpc) is 3.18. The topological polar surface area (TPSA) is 130 Å². The molecule has 3 rings (SSSR count). The number of carbonyl (C=O) groups is 3. The Hall–Kier alpha value is -3.17. The van der Waals surface area contributed by atoms with Crippen LogP contribution in [0.2, 0.25) is 5.02 Å². The van der Waals surface area contributed by atoms with Crippen LogP contribution in [0, 0.1) is 13.8 Å². The number of anilines is 2. The van der Waals surface area contributed by atoms with Gasteiger partial charge in [0.1, 0.15) is 0 Å². The predicted molar refractivity (Wildman–Crippen MR) is 108 cm³/mol. The van der Waals surface area contributed by atoms with Crippen LogP contribution < -0.4 is 16.4 Å². The summed E-state index contributed by atoms with van der Waals surface area (Å²) in [5.74, 6) is -1.57. The number of carbonyl (C=O) groups excluding carboxylic acids is 3. The highest BCUT2D eigenvalue weighted by Gasteiger charge is 2.21. The molecule has 3 aromatic rings. The van der Waals surface area contributed by atoms with Gasteiger partial charge in [0.25, 0.3) is 17.7 Å². The van der Waals surface area contributed by atoms with E-state index in [2.05, 4.69) is 20.8 Å². The standard InChI is InChI=1S/C18H16ClN5O3S/c1-8-7-12(21-17(26)10-5-3-4-6-11(10)19)28-15(8)18(27)22-13-9(2)23-24-14(13)16(20)25/h3-7H,1-2H3,(H2,20,25)(H,21,26)(H,22,27)(H,23,24). The first-order chi connectivity index (χ1) is 13.3. The summed E-state index contributed by atoms with van der Waals surface area (Å²) >= 11 is 7.14. The maximum absolute atomic E-state index is 12.7. The Bertz CT molecular complexity index is 1090. The first kappa shape index (κ1) is 19.6. The molecular weight excluding hydrogens is 402 g/mol. The SMILES string of the molecule is Cc1cc(NC(=O)c2ccccc2Cl)sc1C(=O)Nc1c(C(N)=O)n[nH]c1C. The van der Waals surface area contributed by atoms with Crippen LogP contribution in [0.25, 0.3) is 0 Å². The first-order valence-electron chi connectivity index (χ1n) is 8.10. The molecule has 10 heteroatoms. The highest BCUT2D eigenvalue weighted by molar-refractivity contribution is 7.18. The zero-order chi connectivity index (χ0) is 20.4. The van der Waals surface area contributed by atoms with Gasteiger partial charge in [-0.25, -0.2) is 0 Å². The lowest BCUT2D eigenvalue weighted by atomic mass is 10.2. The molecule has 0 saturated carbocycles. The van der Waals surface area contributed by atoms with Gasteiger partial charge in [0, 0.05) is 0 Å². The largest absolute Gasteiger partial charge is 0.364 e. The number of aryl methyl sites for hydroxylation is 2. The molecule has 0 radical (unpaired) electrons. The summed E-state index contributed by atoms with van der Waals surface area (Å²) in [5, 5.41) is 12.6. The smallest absolute Gasteiger partial charge is 0.271 e. The van der Waals surface area contributed by atoms with Crippen LogP contribution in [-0.2, 0) is 0 Å². The molecule has 2 aromatic heterocycles. The number of H-pyrrole nitrogens is 1. The zero-order valence-electron chi connectivity index (χ0n) is 14.9. The Labute approximate surface area is 169 Å². The van der Waals surface area contributed by atoms with Crippen molar-refractivity contribution in [3.05, 3.63) is 62.7 Å². The van der Waals surface area contributed by atoms with Crippen LogP contribution in [-0.4, -0.2) is 27.9 Å². The Morgan fingerprint density at radius 1 is 1.14 bits per heavy atom. The van der Waals surface area contributed by atoms with Crippen LogP contribution in [0.5, 0.6) is 0 Å². The number of benzene rings is 1. The molecule has 1 aromatic carbocycles. The van der Waals surface area contributed by atoms with E-state index in [9.17, 15) is 14.4 Å². The number of nitrogens with one attached hydrogen (secondary N) is 3. The molecule has 0 spiro atoms. The molecule has 3 amide bonds. The second-order valence-electron chi connectivity index (χ2n) is 5.95. The second-order valence-corrected chi connectivity index (χ2v) is 7.41. The van der Waals surface area contributed by atoms with Crippen LogP contribution in [0.1, 0.15) is 41.8 Å². The average molecular weight is 418 g/mol. The zero-order valence-corrected chi connectivity index (χ0v) is 16.5. The van der Waals surface area contributed by atoms with Crippen molar-refractivity contribution < 1.29 is 14.4 Å². The number of primary amides is 1. The summed E-state index contributed by atoms with van der Waals surface area (Å²) < 4.78 is 0. The summed E-state index contributed by atoms with van der Waals surface area (Å²) in [6.45, 7) is 3.40. The van der Waals surface area contributed by atoms with Gasteiger partial charge in [-0.3, -0.25) is 19.5 Å². The van der Waals surface area contributed by atoms with Gasteiger partial charge >= 0.3 is 0 Å². The van der Waals surface area contributed by atoms with E-state index in [1.807, 2.05) is 0 Å². The third-order valence-electron chi connectivity index (χ3n) is 3.90. The van der Waals surface area contributed by atoms with E-state index in [0.29, 0.717) is 31.7 Å². The summed E-state index contributed by atoms with van der Waals surface area (Å²) in [4.78, 5) is 36.9. The third-order valence-corrected chi connectivity index (χ3v) is 5.38. The minimum atomic E-state index is -0.754. The van der Waals surface area contributed by atoms with Crippen molar-refractivity contribution in [2.45, 2.75) is 13.8 Å². The number of hydrogen-bond acceptors (Lipinski definition) is 5. The molecule has 0 fully saturated rings. The number of aromatic nitrogens is 2. The van der Waals surface area contributed by atoms with Gasteiger partial charge in [0.2, 0.25) is 0 Å². The van der Waals surface area contributed by atoms with Gasteiger partial charge in [-0.15, -0.1) is 11.3 Å². The van der Waals surface area contributed by atoms with Crippen LogP contribution >= 0.6 is 22.9 Å². The van der Waals surface area contributed by atoms with E-state index in [-0.39, 0.29) is 17.3 Å². The van der Waals surface area contributed by atoms with Crippen molar-refractivity contribution >= 4 is 51.3 Å². The lowest BCUT2D eigenvalue weighted by Gasteiger charge is -2.05. The molecular formula is C18H16ClN5O3S. The fourth-order valence-corrected chi connectivity index (χ4v) is 3.71. The fraction of sp³-hybridized carbons (Fsp3) is 0.111. The second kappa shape index (κ2) is 7.83. The quantitative estimate of drug-likeness (QED) is 0.507. The molecule has 28 heavy (non-hydrogen) atoms. The summed E-state index contributed by atoms with van der Waals surface area (Å²) in [5.41, 5.74) is 6.95. The van der Waals surface area contributed by atoms with E-state index in [0.717, 1.165) is 11.3 Å². The third kappa shape index (κ3) is 3.90. The van der Waals surface area contributed by atoms with Gasteiger partial charge in [0.05, 0.1) is 31.8 Å². The van der Waals surface area contributed by atoms with Gasteiger partial charge in [-0.05, 0) is 37.6 Å². The maximum Gasteiger partial charge on any atom is 0.271 e. The van der Waals surface area contributed by atoms with Crippen molar-refractivity contribution in [2.24, 2.45) is 5.73 Å². The van der Waals surface area contributed by atoms with Crippen molar-refractivity contribution in [1.82, 2.24) is 10.2 Å². The molecule has 5 N–H and O–H groups in total. The molecule has 8 nitrogen and oxygen atoms in total. The molecule has 0 atom stereocenters. The minimum absolute atomic E-state index is 0.0488. The Morgan fingerprint density at radius 3 is 2.54 bits per heavy atom. The number of nitrogens with zero attached hydrogens (tertiary/aromatic N) is 1. The van der Waals surface area contributed by atoms with Gasteiger partial charge in [-0.2, -0.15) is 5.10 Å². The maximum atomic E-state index is 12.7. The molecule has 0 saturated heterocycles. The van der Waals surface area contributed by atoms with Crippen molar-refractivity contribution in [3.8, 4) is 0 Å². The van der Waals surface area contributed by atoms with Crippen LogP contribution in [0.4, 0.5) is 10.7 Å². The Kier molecular flexibility index (Phi) is 5.48. The molecule has 0 aliphatic rings. The number of aromatic amines is 1. The van der Waals surface area contributed by atoms with Crippen molar-refractivity contribution in [1.29, 1.82) is 0 Å². The molecule has 144 valence electrons. The molecule has 0 aliphatic heterocycles. The highest BCUT2D eigenvalue weighted by atomic mass is 35.5. The number of thiophene rings is 1. The molecule has 0 bridgehead atoms. The number of rotatable bonds is 5. The van der Waals surface area contributed by atoms with Crippen LogP contribution in [0.15, 0.2) is 30.3 Å². The van der Waals surface area contributed by atoms with E-state index in [1.54, 1.807) is 44.2 Å². The summed E-state index contributed by atoms with van der Waals surface area (Å²) in [6, 6.07) is 8.36. The normalized spacial score (nSPS) is 10.5. The highest BCUT2D eigenvalue weighted by Crippen LogP contribution is 2.29. The monoisotopic (exact) mass is 417 g/mol. The number of amides is 3. The van der Waals surface area contributed by atoms with E-state index >= 15 is 0 Å². The van der Waals surface area contributed by atoms with Gasteiger partial charge < -0.3 is 16.4 Å². The first-order valence-corrected chi connectivity index (χ1v) is 9.29. The molecule has 0 unspecified atom stereocenters. The van der Waals surface area contributed by atoms with Gasteiger partial charge in [0.15, 0.2) is 5.69 Å². The number of nitrogens with two attached hydrogens (primary N) is 1. The number of hydrogen-bond donors (Lipinski definition) is 4. The van der Waals surface area contributed by atoms with Gasteiger partial charge in [-0.1, -0.05) is 23.7 Å². The van der Waals surface area contributed by atoms with Crippen LogP contribution in [0.3, 0.4) is 0 Å². The fourth-order valence-electron chi connectivity index (χ4n) is 2.52. The van der Waals surface area contributed by atoms with E-state index < -0.39 is 11.8 Å². The number of halogens is 1. The van der Waals surface area contributed by atoms with E-state index in [1.165, 1.54) is 0 Å². The van der Waals surface area contributed by atoms with E-state index in [4.69, 9.17) is 17.3 Å². The molecule has 2 heterocycles. The minimum Gasteiger partial charge on any atom is -0.364 e. The predicted octanol–water partition coefficient (Wildman–Crippen LogP) is 3.34. The lowest BCUT2D eigenvalue weighted by Crippen LogP contribution is -2.18. The Morgan fingerprint density at radius 2 is 1.86 bits per heavy atom.